The average Bonchev–Trinajstić information content (AvgIpc) is 3.13. The van der Waals surface area contributed by atoms with E-state index in [0.717, 1.165) is 0 Å². The van der Waals surface area contributed by atoms with Crippen LogP contribution in [0.15, 0.2) is 182 Å². The Morgan fingerprint density at radius 2 is 0.674 bits per heavy atom. The highest BCUT2D eigenvalue weighted by atomic mass is 14.2. The van der Waals surface area contributed by atoms with Gasteiger partial charge in [-0.05, 0) is 112 Å². The van der Waals surface area contributed by atoms with Crippen molar-refractivity contribution in [1.29, 1.82) is 0 Å². The van der Waals surface area contributed by atoms with Crippen LogP contribution < -0.4 is 0 Å². The molecule has 0 radical (unpaired) electrons. The molecule has 9 aromatic rings. The van der Waals surface area contributed by atoms with Crippen molar-refractivity contribution in [2.45, 2.75) is 0 Å². The highest BCUT2D eigenvalue weighted by Gasteiger charge is 2.20. The summed E-state index contributed by atoms with van der Waals surface area (Å²) in [5.41, 5.74) is 9.98. The lowest BCUT2D eigenvalue weighted by Crippen LogP contribution is -1.93. The Hall–Kier alpha value is -5.98. The Kier molecular flexibility index (Phi) is 6.25. The first kappa shape index (κ1) is 26.4. The standard InChI is InChI=1S/C46H30/c1-2-14-32(15-3-1)43-29-35-17-6-7-18-36(35)30-44(43)46-41-23-10-8-21-39(41)45(40-22-9-11-24-42(40)46)38-20-12-19-34(28-38)37-26-25-31-13-4-5-16-33(31)27-37/h1-30H. The van der Waals surface area contributed by atoms with Gasteiger partial charge in [0.2, 0.25) is 0 Å². The molecule has 0 nitrogen and oxygen atoms in total. The second kappa shape index (κ2) is 10.9. The first-order valence-electron chi connectivity index (χ1n) is 15.9. The minimum atomic E-state index is 1.22. The molecule has 0 saturated heterocycles. The third kappa shape index (κ3) is 4.38. The Labute approximate surface area is 268 Å². The van der Waals surface area contributed by atoms with Crippen LogP contribution in [0.3, 0.4) is 0 Å². The fraction of sp³-hybridized carbons (Fsp3) is 0. The Morgan fingerprint density at radius 3 is 1.33 bits per heavy atom. The number of hydrogen-bond acceptors (Lipinski definition) is 0. The largest absolute Gasteiger partial charge is 0.0622 e. The summed E-state index contributed by atoms with van der Waals surface area (Å²) in [4.78, 5) is 0. The predicted molar refractivity (Wildman–Crippen MR) is 198 cm³/mol. The summed E-state index contributed by atoms with van der Waals surface area (Å²) < 4.78 is 0. The fourth-order valence-electron chi connectivity index (χ4n) is 7.26. The smallest absolute Gasteiger partial charge is 0.00199 e. The van der Waals surface area contributed by atoms with Gasteiger partial charge >= 0.3 is 0 Å². The summed E-state index contributed by atoms with van der Waals surface area (Å²) in [6, 6.07) is 66.6. The number of fused-ring (bicyclic) bond motifs is 4. The molecule has 0 atom stereocenters. The lowest BCUT2D eigenvalue weighted by atomic mass is 9.82. The van der Waals surface area contributed by atoms with Crippen molar-refractivity contribution in [2.75, 3.05) is 0 Å². The third-order valence-corrected chi connectivity index (χ3v) is 9.41. The highest BCUT2D eigenvalue weighted by molar-refractivity contribution is 6.23. The lowest BCUT2D eigenvalue weighted by Gasteiger charge is -2.20. The minimum Gasteiger partial charge on any atom is -0.0622 e. The Bertz CT molecular complexity index is 2520. The molecule has 0 aliphatic rings. The zero-order valence-corrected chi connectivity index (χ0v) is 25.3. The molecule has 0 spiro atoms. The molecule has 214 valence electrons. The van der Waals surface area contributed by atoms with Gasteiger partial charge in [-0.25, -0.2) is 0 Å². The maximum atomic E-state index is 2.39. The lowest BCUT2D eigenvalue weighted by molar-refractivity contribution is 1.62. The van der Waals surface area contributed by atoms with Crippen molar-refractivity contribution in [1.82, 2.24) is 0 Å². The fourth-order valence-corrected chi connectivity index (χ4v) is 7.26. The van der Waals surface area contributed by atoms with Gasteiger partial charge in [-0.2, -0.15) is 0 Å². The van der Waals surface area contributed by atoms with E-state index in [2.05, 4.69) is 182 Å². The zero-order valence-electron chi connectivity index (χ0n) is 25.3. The van der Waals surface area contributed by atoms with Gasteiger partial charge in [-0.3, -0.25) is 0 Å². The summed E-state index contributed by atoms with van der Waals surface area (Å²) in [5, 5.41) is 10.1. The molecule has 0 heteroatoms. The molecular weight excluding hydrogens is 553 g/mol. The van der Waals surface area contributed by atoms with E-state index in [4.69, 9.17) is 0 Å². The Morgan fingerprint density at radius 1 is 0.217 bits per heavy atom. The number of benzene rings is 9. The molecule has 0 N–H and O–H groups in total. The molecule has 0 bridgehead atoms. The van der Waals surface area contributed by atoms with Crippen molar-refractivity contribution < 1.29 is 0 Å². The number of rotatable bonds is 4. The van der Waals surface area contributed by atoms with Crippen LogP contribution in [0.2, 0.25) is 0 Å². The van der Waals surface area contributed by atoms with Crippen molar-refractivity contribution in [3.05, 3.63) is 182 Å². The highest BCUT2D eigenvalue weighted by Crippen LogP contribution is 2.47. The SMILES string of the molecule is c1ccc(-c2cc3ccccc3cc2-c2c3ccccc3c(-c3cccc(-c4ccc5ccccc5c4)c3)c3ccccc23)cc1. The molecule has 0 aromatic heterocycles. The van der Waals surface area contributed by atoms with Gasteiger partial charge in [-0.1, -0.05) is 158 Å². The second-order valence-corrected chi connectivity index (χ2v) is 12.1. The molecule has 0 amide bonds. The predicted octanol–water partition coefficient (Wildman–Crippen LogP) is 13.0. The van der Waals surface area contributed by atoms with E-state index in [-0.39, 0.29) is 0 Å². The van der Waals surface area contributed by atoms with Gasteiger partial charge in [0.25, 0.3) is 0 Å². The van der Waals surface area contributed by atoms with Gasteiger partial charge < -0.3 is 0 Å². The van der Waals surface area contributed by atoms with Crippen molar-refractivity contribution in [2.24, 2.45) is 0 Å². The summed E-state index contributed by atoms with van der Waals surface area (Å²) >= 11 is 0. The molecule has 0 aliphatic heterocycles. The van der Waals surface area contributed by atoms with E-state index in [1.54, 1.807) is 0 Å². The molecule has 0 saturated carbocycles. The Balaban J connectivity index is 1.34. The molecule has 9 rings (SSSR count). The molecule has 0 fully saturated rings. The van der Waals surface area contributed by atoms with E-state index >= 15 is 0 Å². The first-order valence-corrected chi connectivity index (χ1v) is 15.9. The van der Waals surface area contributed by atoms with Crippen LogP contribution in [0.25, 0.3) is 87.6 Å². The zero-order chi connectivity index (χ0) is 30.5. The average molecular weight is 583 g/mol. The van der Waals surface area contributed by atoms with Crippen LogP contribution in [0.5, 0.6) is 0 Å². The van der Waals surface area contributed by atoms with Gasteiger partial charge in [0.15, 0.2) is 0 Å². The van der Waals surface area contributed by atoms with Gasteiger partial charge in [0.1, 0.15) is 0 Å². The third-order valence-electron chi connectivity index (χ3n) is 9.41. The van der Waals surface area contributed by atoms with Crippen molar-refractivity contribution >= 4 is 43.1 Å². The van der Waals surface area contributed by atoms with Crippen molar-refractivity contribution in [3.8, 4) is 44.5 Å². The molecule has 46 heavy (non-hydrogen) atoms. The number of hydrogen-bond donors (Lipinski definition) is 0. The monoisotopic (exact) mass is 582 g/mol. The first-order chi connectivity index (χ1) is 22.8. The quantitative estimate of drug-likeness (QED) is 0.181. The van der Waals surface area contributed by atoms with E-state index in [9.17, 15) is 0 Å². The van der Waals surface area contributed by atoms with Crippen LogP contribution in [0.1, 0.15) is 0 Å². The second-order valence-electron chi connectivity index (χ2n) is 12.1. The molecule has 0 aliphatic carbocycles. The van der Waals surface area contributed by atoms with Crippen LogP contribution in [0, 0.1) is 0 Å². The van der Waals surface area contributed by atoms with E-state index < -0.39 is 0 Å². The van der Waals surface area contributed by atoms with Gasteiger partial charge in [-0.15, -0.1) is 0 Å². The van der Waals surface area contributed by atoms with Gasteiger partial charge in [0, 0.05) is 0 Å². The molecule has 9 aromatic carbocycles. The summed E-state index contributed by atoms with van der Waals surface area (Å²) in [7, 11) is 0. The topological polar surface area (TPSA) is 0 Å². The van der Waals surface area contributed by atoms with Crippen LogP contribution in [-0.4, -0.2) is 0 Å². The summed E-state index contributed by atoms with van der Waals surface area (Å²) in [6.07, 6.45) is 0. The molecule has 0 heterocycles. The normalized spacial score (nSPS) is 11.5. The van der Waals surface area contributed by atoms with Crippen LogP contribution in [0.4, 0.5) is 0 Å². The maximum absolute atomic E-state index is 2.39. The van der Waals surface area contributed by atoms with Crippen LogP contribution >= 0.6 is 0 Å². The molecule has 0 unspecified atom stereocenters. The summed E-state index contributed by atoms with van der Waals surface area (Å²) in [5.74, 6) is 0. The van der Waals surface area contributed by atoms with Crippen molar-refractivity contribution in [3.63, 3.8) is 0 Å². The van der Waals surface area contributed by atoms with Gasteiger partial charge in [0.05, 0.1) is 0 Å². The summed E-state index contributed by atoms with van der Waals surface area (Å²) in [6.45, 7) is 0. The van der Waals surface area contributed by atoms with E-state index in [1.165, 1.54) is 87.6 Å². The van der Waals surface area contributed by atoms with Crippen LogP contribution in [-0.2, 0) is 0 Å². The van der Waals surface area contributed by atoms with E-state index in [1.807, 2.05) is 0 Å². The maximum Gasteiger partial charge on any atom is -0.00199 e. The van der Waals surface area contributed by atoms with E-state index in [0.29, 0.717) is 0 Å². The molecular formula is C46H30. The minimum absolute atomic E-state index is 1.22.